The SMILES string of the molecule is COc1cc(O)cc2c1C(=O)[C@@](O)(Cc1ccc(O)cc1)O2. The molecule has 0 aliphatic carbocycles. The number of hydrogen-bond donors (Lipinski definition) is 3. The van der Waals surface area contributed by atoms with E-state index in [0.29, 0.717) is 5.56 Å². The second-order valence-electron chi connectivity index (χ2n) is 5.08. The van der Waals surface area contributed by atoms with E-state index in [4.69, 9.17) is 9.47 Å². The number of benzene rings is 2. The van der Waals surface area contributed by atoms with Crippen LogP contribution in [-0.4, -0.2) is 34.0 Å². The highest BCUT2D eigenvalue weighted by molar-refractivity contribution is 6.08. The van der Waals surface area contributed by atoms with E-state index in [2.05, 4.69) is 0 Å². The van der Waals surface area contributed by atoms with Crippen LogP contribution in [0.15, 0.2) is 36.4 Å². The normalized spacial score (nSPS) is 19.6. The molecule has 0 aromatic heterocycles. The highest BCUT2D eigenvalue weighted by Gasteiger charge is 2.48. The van der Waals surface area contributed by atoms with E-state index < -0.39 is 11.6 Å². The predicted octanol–water partition coefficient (Wildman–Crippen LogP) is 1.61. The maximum Gasteiger partial charge on any atom is 0.277 e. The van der Waals surface area contributed by atoms with Crippen molar-refractivity contribution in [2.24, 2.45) is 0 Å². The van der Waals surface area contributed by atoms with Gasteiger partial charge in [-0.25, -0.2) is 0 Å². The molecule has 1 aliphatic rings. The van der Waals surface area contributed by atoms with E-state index in [1.54, 1.807) is 12.1 Å². The topological polar surface area (TPSA) is 96.2 Å². The molecule has 0 saturated carbocycles. The first-order valence-corrected chi connectivity index (χ1v) is 6.58. The van der Waals surface area contributed by atoms with Crippen LogP contribution in [0.1, 0.15) is 15.9 Å². The molecule has 0 fully saturated rings. The zero-order chi connectivity index (χ0) is 15.9. The van der Waals surface area contributed by atoms with Gasteiger partial charge in [-0.05, 0) is 17.7 Å². The van der Waals surface area contributed by atoms with Gasteiger partial charge in [0.2, 0.25) is 5.78 Å². The quantitative estimate of drug-likeness (QED) is 0.797. The molecule has 0 spiro atoms. The fraction of sp³-hybridized carbons (Fsp3) is 0.188. The Kier molecular flexibility index (Phi) is 3.18. The van der Waals surface area contributed by atoms with Gasteiger partial charge in [-0.2, -0.15) is 0 Å². The standard InChI is InChI=1S/C16H14O6/c1-21-12-6-11(18)7-13-14(12)15(19)16(20,22-13)8-9-2-4-10(17)5-3-9/h2-7,17-18,20H,8H2,1H3/t16-/m1/s1. The second-order valence-corrected chi connectivity index (χ2v) is 5.08. The summed E-state index contributed by atoms with van der Waals surface area (Å²) in [5.41, 5.74) is 0.714. The number of Topliss-reactive ketones (excluding diaryl/α,β-unsaturated/α-hetero) is 1. The average Bonchev–Trinajstić information content (AvgIpc) is 2.72. The number of carbonyl (C=O) groups is 1. The molecule has 114 valence electrons. The molecule has 0 saturated heterocycles. The molecular weight excluding hydrogens is 288 g/mol. The third-order valence-electron chi connectivity index (χ3n) is 3.51. The largest absolute Gasteiger partial charge is 0.508 e. The average molecular weight is 302 g/mol. The predicted molar refractivity (Wildman–Crippen MR) is 76.4 cm³/mol. The maximum atomic E-state index is 12.5. The molecule has 0 radical (unpaired) electrons. The number of rotatable bonds is 3. The van der Waals surface area contributed by atoms with Crippen LogP contribution < -0.4 is 9.47 Å². The number of hydrogen-bond acceptors (Lipinski definition) is 6. The van der Waals surface area contributed by atoms with Crippen molar-refractivity contribution in [2.45, 2.75) is 12.2 Å². The molecule has 0 unspecified atom stereocenters. The van der Waals surface area contributed by atoms with Crippen molar-refractivity contribution in [2.75, 3.05) is 7.11 Å². The third kappa shape index (κ3) is 2.23. The Morgan fingerprint density at radius 3 is 2.45 bits per heavy atom. The van der Waals surface area contributed by atoms with Crippen LogP contribution in [0.5, 0.6) is 23.0 Å². The van der Waals surface area contributed by atoms with E-state index in [9.17, 15) is 20.1 Å². The van der Waals surface area contributed by atoms with Gasteiger partial charge in [0.25, 0.3) is 5.79 Å². The van der Waals surface area contributed by atoms with E-state index in [1.165, 1.54) is 31.4 Å². The summed E-state index contributed by atoms with van der Waals surface area (Å²) in [6, 6.07) is 8.62. The molecule has 6 heteroatoms. The van der Waals surface area contributed by atoms with Gasteiger partial charge in [0, 0.05) is 18.6 Å². The molecule has 3 N–H and O–H groups in total. The lowest BCUT2D eigenvalue weighted by Crippen LogP contribution is -2.42. The molecule has 1 atom stereocenters. The zero-order valence-corrected chi connectivity index (χ0v) is 11.7. The first-order chi connectivity index (χ1) is 10.4. The maximum absolute atomic E-state index is 12.5. The van der Waals surface area contributed by atoms with Gasteiger partial charge < -0.3 is 24.8 Å². The third-order valence-corrected chi connectivity index (χ3v) is 3.51. The number of ether oxygens (including phenoxy) is 2. The van der Waals surface area contributed by atoms with Crippen LogP contribution in [0.4, 0.5) is 0 Å². The van der Waals surface area contributed by atoms with Gasteiger partial charge in [0.1, 0.15) is 28.6 Å². The van der Waals surface area contributed by atoms with Crippen molar-refractivity contribution in [3.8, 4) is 23.0 Å². The molecule has 1 heterocycles. The van der Waals surface area contributed by atoms with Crippen LogP contribution in [0, 0.1) is 0 Å². The fourth-order valence-electron chi connectivity index (χ4n) is 2.47. The van der Waals surface area contributed by atoms with Gasteiger partial charge >= 0.3 is 0 Å². The lowest BCUT2D eigenvalue weighted by atomic mass is 9.98. The molecular formula is C16H14O6. The Morgan fingerprint density at radius 2 is 1.82 bits per heavy atom. The van der Waals surface area contributed by atoms with Crippen molar-refractivity contribution in [1.82, 2.24) is 0 Å². The summed E-state index contributed by atoms with van der Waals surface area (Å²) in [5.74, 6) is -2.53. The van der Waals surface area contributed by atoms with Crippen molar-refractivity contribution >= 4 is 5.78 Å². The molecule has 2 aromatic rings. The summed E-state index contributed by atoms with van der Waals surface area (Å²) in [6.07, 6.45) is -0.0926. The van der Waals surface area contributed by atoms with Crippen LogP contribution in [-0.2, 0) is 6.42 Å². The van der Waals surface area contributed by atoms with E-state index in [-0.39, 0.29) is 35.0 Å². The number of aromatic hydroxyl groups is 2. The smallest absolute Gasteiger partial charge is 0.277 e. The molecule has 0 bridgehead atoms. The molecule has 2 aromatic carbocycles. The van der Waals surface area contributed by atoms with E-state index >= 15 is 0 Å². The van der Waals surface area contributed by atoms with Crippen LogP contribution >= 0.6 is 0 Å². The number of fused-ring (bicyclic) bond motifs is 1. The minimum absolute atomic E-state index is 0.0723. The Bertz CT molecular complexity index is 737. The summed E-state index contributed by atoms with van der Waals surface area (Å²) in [6.45, 7) is 0. The number of phenolic OH excluding ortho intramolecular Hbond substituents is 2. The number of carbonyl (C=O) groups excluding carboxylic acids is 1. The first-order valence-electron chi connectivity index (χ1n) is 6.58. The lowest BCUT2D eigenvalue weighted by Gasteiger charge is -2.20. The number of methoxy groups -OCH3 is 1. The van der Waals surface area contributed by atoms with E-state index in [1.807, 2.05) is 0 Å². The van der Waals surface area contributed by atoms with Crippen LogP contribution in [0.3, 0.4) is 0 Å². The second kappa shape index (κ2) is 4.92. The number of phenols is 2. The van der Waals surface area contributed by atoms with Gasteiger partial charge in [0.15, 0.2) is 0 Å². The van der Waals surface area contributed by atoms with Crippen molar-refractivity contribution in [1.29, 1.82) is 0 Å². The fourth-order valence-corrected chi connectivity index (χ4v) is 2.47. The Hall–Kier alpha value is -2.73. The summed E-state index contributed by atoms with van der Waals surface area (Å²) in [4.78, 5) is 12.5. The van der Waals surface area contributed by atoms with Crippen molar-refractivity contribution in [3.63, 3.8) is 0 Å². The van der Waals surface area contributed by atoms with Crippen molar-refractivity contribution < 1.29 is 29.6 Å². The molecule has 6 nitrogen and oxygen atoms in total. The van der Waals surface area contributed by atoms with Crippen LogP contribution in [0.25, 0.3) is 0 Å². The minimum atomic E-state index is -2.07. The highest BCUT2D eigenvalue weighted by atomic mass is 16.6. The van der Waals surface area contributed by atoms with Gasteiger partial charge in [-0.3, -0.25) is 4.79 Å². The lowest BCUT2D eigenvalue weighted by molar-refractivity contribution is -0.0889. The number of ketones is 1. The monoisotopic (exact) mass is 302 g/mol. The Balaban J connectivity index is 1.97. The van der Waals surface area contributed by atoms with Gasteiger partial charge in [-0.15, -0.1) is 0 Å². The Labute approximate surface area is 126 Å². The summed E-state index contributed by atoms with van der Waals surface area (Å²) < 4.78 is 10.4. The van der Waals surface area contributed by atoms with E-state index in [0.717, 1.165) is 0 Å². The highest BCUT2D eigenvalue weighted by Crippen LogP contribution is 2.43. The summed E-state index contributed by atoms with van der Waals surface area (Å²) in [5, 5.41) is 29.4. The molecule has 3 rings (SSSR count). The number of aliphatic hydroxyl groups is 1. The van der Waals surface area contributed by atoms with Crippen LogP contribution in [0.2, 0.25) is 0 Å². The molecule has 1 aliphatic heterocycles. The minimum Gasteiger partial charge on any atom is -0.508 e. The van der Waals surface area contributed by atoms with Crippen molar-refractivity contribution in [3.05, 3.63) is 47.5 Å². The van der Waals surface area contributed by atoms with Gasteiger partial charge in [0.05, 0.1) is 7.11 Å². The first kappa shape index (κ1) is 14.2. The summed E-state index contributed by atoms with van der Waals surface area (Å²) in [7, 11) is 1.36. The van der Waals surface area contributed by atoms with Gasteiger partial charge in [-0.1, -0.05) is 12.1 Å². The zero-order valence-electron chi connectivity index (χ0n) is 11.7. The molecule has 0 amide bonds. The Morgan fingerprint density at radius 1 is 1.14 bits per heavy atom. The molecule has 22 heavy (non-hydrogen) atoms. The summed E-state index contributed by atoms with van der Waals surface area (Å²) >= 11 is 0.